The van der Waals surface area contributed by atoms with Crippen molar-refractivity contribution in [1.82, 2.24) is 10.5 Å². The van der Waals surface area contributed by atoms with Crippen LogP contribution >= 0.6 is 0 Å². The molecule has 7 heteroatoms. The van der Waals surface area contributed by atoms with Gasteiger partial charge in [-0.25, -0.2) is 4.39 Å². The minimum absolute atomic E-state index is 0.134. The molecular weight excluding hydrogens is 339 g/mol. The van der Waals surface area contributed by atoms with Crippen molar-refractivity contribution in [3.8, 4) is 11.3 Å². The molecule has 1 aromatic carbocycles. The van der Waals surface area contributed by atoms with E-state index < -0.39 is 11.5 Å². The van der Waals surface area contributed by atoms with Crippen molar-refractivity contribution in [3.63, 3.8) is 0 Å². The summed E-state index contributed by atoms with van der Waals surface area (Å²) in [6.07, 6.45) is 0.834. The fraction of sp³-hybridized carbons (Fsp3) is 0.474. The summed E-state index contributed by atoms with van der Waals surface area (Å²) in [4.78, 5) is 12.8. The lowest BCUT2D eigenvalue weighted by molar-refractivity contribution is -0.137. The molecule has 1 atom stereocenters. The van der Waals surface area contributed by atoms with Gasteiger partial charge in [0.2, 0.25) is 5.91 Å². The van der Waals surface area contributed by atoms with E-state index in [4.69, 9.17) is 9.26 Å². The van der Waals surface area contributed by atoms with E-state index in [1.807, 2.05) is 0 Å². The molecule has 0 unspecified atom stereocenters. The maximum atomic E-state index is 13.9. The van der Waals surface area contributed by atoms with E-state index >= 15 is 0 Å². The lowest BCUT2D eigenvalue weighted by Crippen LogP contribution is -2.47. The number of carbonyl (C=O) groups is 1. The van der Waals surface area contributed by atoms with Crippen LogP contribution in [0.15, 0.2) is 34.9 Å². The number of rotatable bonds is 6. The molecule has 3 rings (SSSR count). The molecule has 1 amide bonds. The molecule has 0 bridgehead atoms. The Morgan fingerprint density at radius 2 is 2.12 bits per heavy atom. The van der Waals surface area contributed by atoms with Crippen LogP contribution in [0.3, 0.4) is 0 Å². The van der Waals surface area contributed by atoms with Crippen LogP contribution < -0.4 is 5.32 Å². The molecule has 2 N–H and O–H groups in total. The van der Waals surface area contributed by atoms with Crippen molar-refractivity contribution in [3.05, 3.63) is 41.9 Å². The molecule has 2 aromatic rings. The Bertz CT molecular complexity index is 754. The van der Waals surface area contributed by atoms with Gasteiger partial charge in [-0.3, -0.25) is 4.79 Å². The molecule has 1 fully saturated rings. The summed E-state index contributed by atoms with van der Waals surface area (Å²) in [5, 5.41) is 16.2. The second-order valence-electron chi connectivity index (χ2n) is 6.79. The number of carbonyl (C=O) groups excluding carboxylic acids is 1. The summed E-state index contributed by atoms with van der Waals surface area (Å²) in [5.41, 5.74) is 0.0888. The number of nitrogens with zero attached hydrogens (tertiary/aromatic N) is 1. The summed E-state index contributed by atoms with van der Waals surface area (Å²) in [7, 11) is 0. The summed E-state index contributed by atoms with van der Waals surface area (Å²) in [6.45, 7) is 2.78. The molecule has 1 saturated heterocycles. The van der Waals surface area contributed by atoms with Crippen LogP contribution in [0.2, 0.25) is 0 Å². The average Bonchev–Trinajstić information content (AvgIpc) is 3.08. The number of amides is 1. The van der Waals surface area contributed by atoms with Gasteiger partial charge in [-0.2, -0.15) is 0 Å². The maximum absolute atomic E-state index is 13.9. The number of nitrogens with one attached hydrogen (secondary N) is 1. The normalized spacial score (nSPS) is 17.7. The molecule has 2 heterocycles. The van der Waals surface area contributed by atoms with Crippen LogP contribution in [0.1, 0.15) is 25.5 Å². The third kappa shape index (κ3) is 4.11. The number of aromatic nitrogens is 1. The van der Waals surface area contributed by atoms with Gasteiger partial charge in [-0.05, 0) is 31.9 Å². The lowest BCUT2D eigenvalue weighted by atomic mass is 9.75. The molecule has 0 radical (unpaired) electrons. The van der Waals surface area contributed by atoms with Gasteiger partial charge in [-0.1, -0.05) is 17.3 Å². The molecular formula is C19H23FN2O4. The number of aliphatic hydroxyl groups is 1. The quantitative estimate of drug-likeness (QED) is 0.824. The van der Waals surface area contributed by atoms with E-state index in [1.54, 1.807) is 31.2 Å². The largest absolute Gasteiger partial charge is 0.392 e. The predicted molar refractivity (Wildman–Crippen MR) is 92.8 cm³/mol. The second-order valence-corrected chi connectivity index (χ2v) is 6.79. The van der Waals surface area contributed by atoms with Crippen LogP contribution in [0.5, 0.6) is 0 Å². The zero-order valence-electron chi connectivity index (χ0n) is 14.7. The summed E-state index contributed by atoms with van der Waals surface area (Å²) in [6, 6.07) is 8.03. The highest BCUT2D eigenvalue weighted by molar-refractivity contribution is 5.83. The molecule has 6 nitrogen and oxygen atoms in total. The van der Waals surface area contributed by atoms with Crippen LogP contribution in [-0.2, 0) is 16.0 Å². The van der Waals surface area contributed by atoms with Crippen LogP contribution in [0.4, 0.5) is 4.39 Å². The first-order chi connectivity index (χ1) is 12.5. The highest BCUT2D eigenvalue weighted by Crippen LogP contribution is 2.36. The molecule has 140 valence electrons. The first-order valence-electron chi connectivity index (χ1n) is 8.75. The fourth-order valence-corrected chi connectivity index (χ4v) is 3.20. The Labute approximate surface area is 151 Å². The van der Waals surface area contributed by atoms with E-state index in [1.165, 1.54) is 6.07 Å². The molecule has 0 saturated carbocycles. The molecule has 0 aliphatic carbocycles. The van der Waals surface area contributed by atoms with E-state index in [0.717, 1.165) is 0 Å². The van der Waals surface area contributed by atoms with Crippen molar-refractivity contribution in [2.45, 2.75) is 32.3 Å². The third-order valence-corrected chi connectivity index (χ3v) is 4.71. The Morgan fingerprint density at radius 1 is 1.38 bits per heavy atom. The number of halogens is 1. The Hall–Kier alpha value is -2.25. The predicted octanol–water partition coefficient (Wildman–Crippen LogP) is 2.32. The molecule has 1 aliphatic rings. The van der Waals surface area contributed by atoms with Gasteiger partial charge in [0.15, 0.2) is 0 Å². The smallest absolute Gasteiger partial charge is 0.226 e. The zero-order valence-corrected chi connectivity index (χ0v) is 14.7. The van der Waals surface area contributed by atoms with Crippen LogP contribution in [0.25, 0.3) is 11.3 Å². The monoisotopic (exact) mass is 362 g/mol. The lowest BCUT2D eigenvalue weighted by Gasteiger charge is -2.35. The van der Waals surface area contributed by atoms with Gasteiger partial charge in [0.25, 0.3) is 0 Å². The number of ether oxygens (including phenoxy) is 1. The standard InChI is InChI=1S/C19H23FN2O4/c1-13(23)12-21-18(24)19(6-8-25-9-7-19)11-14-10-17(22-26-14)15-4-2-3-5-16(15)20/h2-5,10,13,23H,6-9,11-12H2,1H3,(H,21,24)/t13-/m1/s1. The second kappa shape index (κ2) is 7.97. The van der Waals surface area contributed by atoms with Crippen LogP contribution in [-0.4, -0.2) is 42.0 Å². The van der Waals surface area contributed by atoms with Gasteiger partial charge in [-0.15, -0.1) is 0 Å². The van der Waals surface area contributed by atoms with E-state index in [0.29, 0.717) is 49.5 Å². The first-order valence-corrected chi connectivity index (χ1v) is 8.75. The van der Waals surface area contributed by atoms with Crippen molar-refractivity contribution < 1.29 is 23.6 Å². The SMILES string of the molecule is C[C@@H](O)CNC(=O)C1(Cc2cc(-c3ccccc3F)no2)CCOCC1. The number of benzene rings is 1. The van der Waals surface area contributed by atoms with Crippen LogP contribution in [0, 0.1) is 11.2 Å². The fourth-order valence-electron chi connectivity index (χ4n) is 3.20. The molecule has 26 heavy (non-hydrogen) atoms. The summed E-state index contributed by atoms with van der Waals surface area (Å²) < 4.78 is 24.7. The number of hydrogen-bond donors (Lipinski definition) is 2. The van der Waals surface area contributed by atoms with E-state index in [-0.39, 0.29) is 18.3 Å². The highest BCUT2D eigenvalue weighted by Gasteiger charge is 2.41. The molecule has 0 spiro atoms. The summed E-state index contributed by atoms with van der Waals surface area (Å²) in [5.74, 6) is 0.0192. The van der Waals surface area contributed by atoms with Gasteiger partial charge in [0, 0.05) is 37.8 Å². The minimum atomic E-state index is -0.681. The van der Waals surface area contributed by atoms with Gasteiger partial charge in [0.05, 0.1) is 11.5 Å². The average molecular weight is 362 g/mol. The van der Waals surface area contributed by atoms with E-state index in [2.05, 4.69) is 10.5 Å². The van der Waals surface area contributed by atoms with Crippen molar-refractivity contribution in [2.75, 3.05) is 19.8 Å². The van der Waals surface area contributed by atoms with Gasteiger partial charge < -0.3 is 19.7 Å². The Kier molecular flexibility index (Phi) is 5.68. The van der Waals surface area contributed by atoms with Crippen molar-refractivity contribution in [2.24, 2.45) is 5.41 Å². The van der Waals surface area contributed by atoms with Crippen molar-refractivity contribution in [1.29, 1.82) is 0 Å². The third-order valence-electron chi connectivity index (χ3n) is 4.71. The topological polar surface area (TPSA) is 84.6 Å². The van der Waals surface area contributed by atoms with Crippen molar-refractivity contribution >= 4 is 5.91 Å². The summed E-state index contributed by atoms with van der Waals surface area (Å²) >= 11 is 0. The zero-order chi connectivity index (χ0) is 18.6. The molecule has 1 aliphatic heterocycles. The van der Waals surface area contributed by atoms with Gasteiger partial charge >= 0.3 is 0 Å². The Balaban J connectivity index is 1.79. The molecule has 1 aromatic heterocycles. The van der Waals surface area contributed by atoms with E-state index in [9.17, 15) is 14.3 Å². The minimum Gasteiger partial charge on any atom is -0.392 e. The maximum Gasteiger partial charge on any atom is 0.226 e. The number of aliphatic hydroxyl groups excluding tert-OH is 1. The highest BCUT2D eigenvalue weighted by atomic mass is 19.1. The first kappa shape index (κ1) is 18.5. The number of hydrogen-bond acceptors (Lipinski definition) is 5. The Morgan fingerprint density at radius 3 is 2.81 bits per heavy atom. The van der Waals surface area contributed by atoms with Gasteiger partial charge in [0.1, 0.15) is 17.3 Å².